The molecule has 0 aliphatic carbocycles. The third-order valence-corrected chi connectivity index (χ3v) is 3.24. The minimum atomic E-state index is -0.768. The molecule has 0 aliphatic rings. The van der Waals surface area contributed by atoms with Gasteiger partial charge in [0.25, 0.3) is 5.69 Å². The maximum absolute atomic E-state index is 12.0. The van der Waals surface area contributed by atoms with E-state index < -0.39 is 16.5 Å². The molecule has 0 spiro atoms. The van der Waals surface area contributed by atoms with Gasteiger partial charge in [0, 0.05) is 35.7 Å². The predicted octanol–water partition coefficient (Wildman–Crippen LogP) is 2.30. The third kappa shape index (κ3) is 3.70. The summed E-state index contributed by atoms with van der Waals surface area (Å²) in [5.41, 5.74) is 0.196. The van der Waals surface area contributed by atoms with Crippen LogP contribution in [-0.2, 0) is 11.2 Å². The molecule has 2 rings (SSSR count). The number of methoxy groups -OCH3 is 1. The number of carbonyl (C=O) groups is 2. The molecule has 23 heavy (non-hydrogen) atoms. The van der Waals surface area contributed by atoms with Crippen molar-refractivity contribution in [3.63, 3.8) is 0 Å². The number of Topliss-reactive ketones (excluding diaryl/α,β-unsaturated/α-hetero) is 2. The lowest BCUT2D eigenvalue weighted by atomic mass is 10.0. The molecule has 0 unspecified atom stereocenters. The number of nitro groups is 1. The fraction of sp³-hybridized carbons (Fsp3) is 0.125. The molecular weight excluding hydrogens is 302 g/mol. The van der Waals surface area contributed by atoms with Crippen molar-refractivity contribution in [3.05, 3.63) is 63.7 Å². The third-order valence-electron chi connectivity index (χ3n) is 3.24. The van der Waals surface area contributed by atoms with E-state index in [9.17, 15) is 24.8 Å². The molecule has 0 saturated heterocycles. The van der Waals surface area contributed by atoms with Crippen molar-refractivity contribution >= 4 is 17.3 Å². The van der Waals surface area contributed by atoms with Crippen LogP contribution in [0.15, 0.2) is 42.5 Å². The number of carbonyl (C=O) groups excluding carboxylic acids is 2. The second kappa shape index (κ2) is 6.69. The fourth-order valence-electron chi connectivity index (χ4n) is 1.97. The van der Waals surface area contributed by atoms with Crippen LogP contribution in [0.5, 0.6) is 11.5 Å². The van der Waals surface area contributed by atoms with Gasteiger partial charge in [-0.25, -0.2) is 0 Å². The van der Waals surface area contributed by atoms with Crippen LogP contribution in [0.3, 0.4) is 0 Å². The van der Waals surface area contributed by atoms with Crippen LogP contribution in [0.25, 0.3) is 0 Å². The van der Waals surface area contributed by atoms with Gasteiger partial charge in [-0.2, -0.15) is 0 Å². The average molecular weight is 315 g/mol. The summed E-state index contributed by atoms with van der Waals surface area (Å²) in [4.78, 5) is 34.0. The number of hydrogen-bond acceptors (Lipinski definition) is 6. The zero-order valence-electron chi connectivity index (χ0n) is 12.2. The van der Waals surface area contributed by atoms with E-state index in [-0.39, 0.29) is 23.4 Å². The summed E-state index contributed by atoms with van der Waals surface area (Å²) in [5, 5.41) is 20.4. The van der Waals surface area contributed by atoms with Gasteiger partial charge in [-0.05, 0) is 18.2 Å². The van der Waals surface area contributed by atoms with Crippen LogP contribution >= 0.6 is 0 Å². The van der Waals surface area contributed by atoms with Gasteiger partial charge < -0.3 is 9.84 Å². The number of phenolic OH excluding ortho intramolecular Hbond substituents is 1. The molecule has 1 N–H and O–H groups in total. The van der Waals surface area contributed by atoms with E-state index >= 15 is 0 Å². The first-order valence-electron chi connectivity index (χ1n) is 6.60. The predicted molar refractivity (Wildman–Crippen MR) is 80.8 cm³/mol. The van der Waals surface area contributed by atoms with E-state index in [0.717, 1.165) is 12.1 Å². The summed E-state index contributed by atoms with van der Waals surface area (Å²) in [6.07, 6.45) is -0.272. The summed E-state index contributed by atoms with van der Waals surface area (Å²) in [6.45, 7) is 0. The second-order valence-electron chi connectivity index (χ2n) is 4.73. The smallest absolute Gasteiger partial charge is 0.269 e. The van der Waals surface area contributed by atoms with Crippen LogP contribution in [0, 0.1) is 10.1 Å². The standard InChI is InChI=1S/C16H13NO6/c1-23-13-7-4-11(14(18)9-13)8-15(19)16(20)10-2-5-12(6-3-10)17(21)22/h2-7,9,18H,8H2,1H3. The van der Waals surface area contributed by atoms with Crippen LogP contribution in [-0.4, -0.2) is 28.7 Å². The summed E-state index contributed by atoms with van der Waals surface area (Å²) in [7, 11) is 1.44. The van der Waals surface area contributed by atoms with Crippen LogP contribution < -0.4 is 4.74 Å². The quantitative estimate of drug-likeness (QED) is 0.379. The minimum absolute atomic E-state index is 0.0635. The van der Waals surface area contributed by atoms with E-state index in [0.29, 0.717) is 11.3 Å². The van der Waals surface area contributed by atoms with Gasteiger partial charge in [-0.1, -0.05) is 6.07 Å². The first-order valence-corrected chi connectivity index (χ1v) is 6.60. The summed E-state index contributed by atoms with van der Waals surface area (Å²) >= 11 is 0. The van der Waals surface area contributed by atoms with Gasteiger partial charge in [0.2, 0.25) is 11.6 Å². The summed E-state index contributed by atoms with van der Waals surface area (Å²) < 4.78 is 4.94. The van der Waals surface area contributed by atoms with Crippen molar-refractivity contribution in [3.8, 4) is 11.5 Å². The van der Waals surface area contributed by atoms with E-state index in [1.807, 2.05) is 0 Å². The van der Waals surface area contributed by atoms with Crippen LogP contribution in [0.1, 0.15) is 15.9 Å². The van der Waals surface area contributed by atoms with Gasteiger partial charge in [0.05, 0.1) is 12.0 Å². The number of rotatable bonds is 6. The number of aromatic hydroxyl groups is 1. The van der Waals surface area contributed by atoms with Gasteiger partial charge in [-0.15, -0.1) is 0 Å². The monoisotopic (exact) mass is 315 g/mol. The molecule has 7 nitrogen and oxygen atoms in total. The van der Waals surface area contributed by atoms with Crippen molar-refractivity contribution < 1.29 is 24.4 Å². The molecule has 0 bridgehead atoms. The molecule has 118 valence electrons. The lowest BCUT2D eigenvalue weighted by Gasteiger charge is -2.06. The van der Waals surface area contributed by atoms with Crippen molar-refractivity contribution in [1.82, 2.24) is 0 Å². The lowest BCUT2D eigenvalue weighted by molar-refractivity contribution is -0.384. The zero-order valence-corrected chi connectivity index (χ0v) is 12.2. The number of hydrogen-bond donors (Lipinski definition) is 1. The number of non-ortho nitro benzene ring substituents is 1. The fourth-order valence-corrected chi connectivity index (χ4v) is 1.97. The Bertz CT molecular complexity index is 767. The Labute approximate surface area is 131 Å². The van der Waals surface area contributed by atoms with Gasteiger partial charge in [-0.3, -0.25) is 19.7 Å². The van der Waals surface area contributed by atoms with Crippen molar-refractivity contribution in [1.29, 1.82) is 0 Å². The Balaban J connectivity index is 2.14. The Morgan fingerprint density at radius 1 is 1.17 bits per heavy atom. The van der Waals surface area contributed by atoms with Crippen molar-refractivity contribution in [2.75, 3.05) is 7.11 Å². The van der Waals surface area contributed by atoms with Crippen molar-refractivity contribution in [2.45, 2.75) is 6.42 Å². The SMILES string of the molecule is COc1ccc(CC(=O)C(=O)c2ccc([N+](=O)[O-])cc2)c(O)c1. The molecule has 2 aromatic rings. The Morgan fingerprint density at radius 2 is 1.83 bits per heavy atom. The molecule has 0 aromatic heterocycles. The molecule has 2 aromatic carbocycles. The Morgan fingerprint density at radius 3 is 2.35 bits per heavy atom. The number of phenols is 1. The largest absolute Gasteiger partial charge is 0.508 e. The highest BCUT2D eigenvalue weighted by Crippen LogP contribution is 2.24. The van der Waals surface area contributed by atoms with E-state index in [1.165, 1.54) is 31.4 Å². The van der Waals surface area contributed by atoms with Gasteiger partial charge in [0.1, 0.15) is 11.5 Å². The molecule has 0 radical (unpaired) electrons. The van der Waals surface area contributed by atoms with E-state index in [1.54, 1.807) is 6.07 Å². The van der Waals surface area contributed by atoms with Gasteiger partial charge in [0.15, 0.2) is 0 Å². The number of ketones is 2. The summed E-state index contributed by atoms with van der Waals surface area (Å²) in [6, 6.07) is 9.18. The highest BCUT2D eigenvalue weighted by Gasteiger charge is 2.19. The number of nitrogens with zero attached hydrogens (tertiary/aromatic N) is 1. The average Bonchev–Trinajstić information content (AvgIpc) is 2.55. The maximum Gasteiger partial charge on any atom is 0.269 e. The first kappa shape index (κ1) is 16.2. The molecular formula is C16H13NO6. The van der Waals surface area contributed by atoms with Crippen LogP contribution in [0.2, 0.25) is 0 Å². The lowest BCUT2D eigenvalue weighted by Crippen LogP contribution is -2.16. The highest BCUT2D eigenvalue weighted by molar-refractivity contribution is 6.44. The van der Waals surface area contributed by atoms with E-state index in [4.69, 9.17) is 4.74 Å². The molecule has 0 heterocycles. The minimum Gasteiger partial charge on any atom is -0.508 e. The molecule has 7 heteroatoms. The molecule has 0 saturated carbocycles. The normalized spacial score (nSPS) is 10.1. The number of ether oxygens (including phenoxy) is 1. The highest BCUT2D eigenvalue weighted by atomic mass is 16.6. The Kier molecular flexibility index (Phi) is 4.70. The maximum atomic E-state index is 12.0. The molecule has 0 fully saturated rings. The zero-order chi connectivity index (χ0) is 17.0. The van der Waals surface area contributed by atoms with E-state index in [2.05, 4.69) is 0 Å². The number of benzene rings is 2. The van der Waals surface area contributed by atoms with Crippen LogP contribution in [0.4, 0.5) is 5.69 Å². The first-order chi connectivity index (χ1) is 10.9. The molecule has 0 atom stereocenters. The van der Waals surface area contributed by atoms with Crippen molar-refractivity contribution in [2.24, 2.45) is 0 Å². The summed E-state index contributed by atoms with van der Waals surface area (Å²) in [5.74, 6) is -1.20. The van der Waals surface area contributed by atoms with Gasteiger partial charge >= 0.3 is 0 Å². The Hall–Kier alpha value is -3.22. The topological polar surface area (TPSA) is 107 Å². The molecule has 0 amide bonds. The number of nitro benzene ring substituents is 1. The molecule has 0 aliphatic heterocycles. The second-order valence-corrected chi connectivity index (χ2v) is 4.73.